The van der Waals surface area contributed by atoms with Gasteiger partial charge < -0.3 is 92.2 Å². The number of carbonyl (C=O) groups is 7. The van der Waals surface area contributed by atoms with E-state index in [1.807, 2.05) is 60.6 Å². The molecule has 26 heteroatoms. The monoisotopic (exact) mass is 1630 g/mol. The van der Waals surface area contributed by atoms with Gasteiger partial charge in [0.2, 0.25) is 11.6 Å². The smallest absolute Gasteiger partial charge is 0.329 e. The number of methoxy groups -OCH3 is 6. The topological polar surface area (TPSA) is 338 Å². The number of allylic oxidation sites excluding steroid dienone is 5. The Morgan fingerprint density at radius 2 is 0.878 bits per heavy atom. The fourth-order valence-electron chi connectivity index (χ4n) is 20.0. The van der Waals surface area contributed by atoms with Crippen molar-refractivity contribution in [2.75, 3.05) is 55.7 Å². The van der Waals surface area contributed by atoms with Gasteiger partial charge in [-0.1, -0.05) is 90.8 Å². The van der Waals surface area contributed by atoms with E-state index in [0.29, 0.717) is 102 Å². The Bertz CT molecular complexity index is 3370. The second-order valence-corrected chi connectivity index (χ2v) is 36.1. The van der Waals surface area contributed by atoms with E-state index in [2.05, 4.69) is 39.8 Å². The zero-order valence-corrected chi connectivity index (χ0v) is 72.8. The summed E-state index contributed by atoms with van der Waals surface area (Å²) in [5.41, 5.74) is 3.71. The van der Waals surface area contributed by atoms with Crippen molar-refractivity contribution in [3.8, 4) is 0 Å². The van der Waals surface area contributed by atoms with Gasteiger partial charge in [0.25, 0.3) is 23.4 Å². The first kappa shape index (κ1) is 95.7. The van der Waals surface area contributed by atoms with Crippen molar-refractivity contribution in [2.45, 2.75) is 359 Å². The van der Waals surface area contributed by atoms with Gasteiger partial charge >= 0.3 is 11.9 Å². The molecule has 0 spiro atoms. The maximum Gasteiger partial charge on any atom is 0.329 e. The lowest BCUT2D eigenvalue weighted by molar-refractivity contribution is -0.316. The van der Waals surface area contributed by atoms with Crippen molar-refractivity contribution in [3.63, 3.8) is 0 Å². The fourth-order valence-corrected chi connectivity index (χ4v) is 20.0. The molecule has 9 rings (SSSR count). The predicted molar refractivity (Wildman–Crippen MR) is 429 cm³/mol. The quantitative estimate of drug-likeness (QED) is 0.0688. The lowest BCUT2D eigenvalue weighted by atomic mass is 9.81. The number of ketones is 3. The minimum Gasteiger partial charge on any atom is -0.456 e. The molecular weight excluding hydrogens is 1480 g/mol. The van der Waals surface area contributed by atoms with Crippen LogP contribution in [0, 0.1) is 59.2 Å². The Kier molecular flexibility index (Phi) is 35.5. The Morgan fingerprint density at radius 1 is 0.478 bits per heavy atom. The first-order valence-electron chi connectivity index (χ1n) is 43.1. The Morgan fingerprint density at radius 3 is 1.29 bits per heavy atom. The second-order valence-electron chi connectivity index (χ2n) is 36.1. The van der Waals surface area contributed by atoms with E-state index in [0.717, 1.165) is 30.4 Å². The number of esters is 2. The standard InChI is InChI=1S/C46H75NO12.C43H69NO12/c1-12-32-20-26(2)19-27(3)21-38(54-10)41-39(55-11)23-29(5)46(52,59-41)42(49)43(50)47-18-14-13-15-33(47)44(51)56-40(30(6)35-25-36(32)58-45(7,8)57-35)28(4)22-31-16-17-34(48)37(24-31)53-9;1-10-30-18-24(2)17-25(3)19-36(53-8)39-37(54-9)21-27(5)43(51,56-39)40(48)41(49)44-16-12-11-13-31(44)42(50)55-38(28(6)33(46)23-34(30)47)26(4)20-29-14-15-32(45)35(22-29)52-7/h20,22,27,29-41,48,52H,12-19,21,23-25H2,1-11H3;18,20,25,27-33,35-39,45-46,51H,10-17,19,21-23H2,1-9H3/b26-20+,28-22+;24-18+,26-20+/t27-,29+,30+,31-,32+,33-,34+,35-,36-,37+,38-,39-,40+,41+,46+;25-,27+,28+,29-,30+,31-,32+,33-,35+,36-,37-,38+,39+,43+/m00/s1. The van der Waals surface area contributed by atoms with Gasteiger partial charge in [0.1, 0.15) is 42.3 Å². The predicted octanol–water partition coefficient (Wildman–Crippen LogP) is 10.5. The van der Waals surface area contributed by atoms with E-state index in [1.165, 1.54) is 29.6 Å². The minimum absolute atomic E-state index is 0.000914. The van der Waals surface area contributed by atoms with Gasteiger partial charge in [-0.05, 0) is 205 Å². The maximum atomic E-state index is 14.6. The van der Waals surface area contributed by atoms with Crippen molar-refractivity contribution < 1.29 is 116 Å². The minimum atomic E-state index is -2.50. The number of amides is 2. The van der Waals surface area contributed by atoms with Crippen LogP contribution in [-0.2, 0) is 90.4 Å². The number of aliphatic hydroxyl groups excluding tert-OH is 3. The molecule has 7 aliphatic heterocycles. The SMILES string of the molecule is CC[C@@H]1/C=C(\C)C[C@H](C)C[C@H](OC)[C@H]2O[C@@](O)(C(=O)C(=O)N3CCCC[C@H]3C(=O)O[C@H](/C(C)=C/[C@@H]3CC[C@@H](O)[C@H](OC)C3)[C@H](C)[C@@H](O)CC1=O)[C@H](C)C[C@@H]2OC.CC[C@@H]1/C=C(\C)C[C@H](C)C[C@H](OC)[C@H]2O[C@@](O)(C(=O)C(=O)N3CCCC[C@H]3C(=O)O[C@H](/C(C)=C/[C@@H]3CC[C@@H](O)[C@H](OC)C3)[C@H](C)[C@@H]3C[C@@H]1OC(C)(C)O3)[C@H](C)C[C@@H]2OC. The molecule has 7 heterocycles. The van der Waals surface area contributed by atoms with Gasteiger partial charge in [0, 0.05) is 104 Å². The van der Waals surface area contributed by atoms with Crippen LogP contribution < -0.4 is 0 Å². The number of ether oxygens (including phenoxy) is 12. The number of piperidine rings is 2. The van der Waals surface area contributed by atoms with E-state index in [1.54, 1.807) is 49.2 Å². The molecule has 115 heavy (non-hydrogen) atoms. The third-order valence-electron chi connectivity index (χ3n) is 26.8. The number of fused-ring (bicyclic) bond motifs is 8. The van der Waals surface area contributed by atoms with Crippen LogP contribution >= 0.6 is 0 Å². The average molecular weight is 1630 g/mol. The molecule has 0 aromatic carbocycles. The molecule has 9 aliphatic rings. The first-order valence-corrected chi connectivity index (χ1v) is 43.1. The van der Waals surface area contributed by atoms with Crippen molar-refractivity contribution in [1.82, 2.24) is 9.80 Å². The van der Waals surface area contributed by atoms with Crippen molar-refractivity contribution in [2.24, 2.45) is 59.2 Å². The van der Waals surface area contributed by atoms with Crippen LogP contribution in [0.4, 0.5) is 0 Å². The van der Waals surface area contributed by atoms with Crippen LogP contribution in [0.5, 0.6) is 0 Å². The van der Waals surface area contributed by atoms with Crippen molar-refractivity contribution in [1.29, 1.82) is 0 Å². The fraction of sp³-hybridized carbons (Fsp3) is 0.831. The number of cyclic esters (lactones) is 2. The Balaban J connectivity index is 0.000000288. The van der Waals surface area contributed by atoms with Crippen LogP contribution in [0.2, 0.25) is 0 Å². The Labute approximate surface area is 684 Å². The normalized spacial score (nSPS) is 42.4. The number of nitrogens with zero attached hydrogens (tertiary/aromatic N) is 2. The molecule has 7 fully saturated rings. The summed E-state index contributed by atoms with van der Waals surface area (Å²) < 4.78 is 73.5. The van der Waals surface area contributed by atoms with Gasteiger partial charge in [0.15, 0.2) is 5.79 Å². The van der Waals surface area contributed by atoms with Crippen LogP contribution in [0.15, 0.2) is 46.6 Å². The van der Waals surface area contributed by atoms with E-state index in [-0.39, 0.29) is 104 Å². The molecule has 0 aromatic rings. The van der Waals surface area contributed by atoms with Gasteiger partial charge in [-0.15, -0.1) is 0 Å². The molecule has 29 atom stereocenters. The summed E-state index contributed by atoms with van der Waals surface area (Å²) in [6.07, 6.45) is 10.7. The van der Waals surface area contributed by atoms with E-state index < -0.39 is 156 Å². The number of hydrogen-bond donors (Lipinski definition) is 5. The highest BCUT2D eigenvalue weighted by Gasteiger charge is 2.59. The number of hydrogen-bond acceptors (Lipinski definition) is 24. The zero-order chi connectivity index (χ0) is 84.9. The summed E-state index contributed by atoms with van der Waals surface area (Å²) in [6.45, 7) is 27.4. The number of rotatable bonds is 12. The number of carbonyl (C=O) groups excluding carboxylic acids is 7. The summed E-state index contributed by atoms with van der Waals surface area (Å²) in [5.74, 6) is -14.4. The largest absolute Gasteiger partial charge is 0.456 e. The molecule has 654 valence electrons. The lowest BCUT2D eigenvalue weighted by Gasteiger charge is -2.47. The lowest BCUT2D eigenvalue weighted by Crippen LogP contribution is -2.64. The number of aliphatic hydroxyl groups is 5. The van der Waals surface area contributed by atoms with E-state index >= 15 is 0 Å². The highest BCUT2D eigenvalue weighted by molar-refractivity contribution is 6.39. The van der Waals surface area contributed by atoms with E-state index in [4.69, 9.17) is 56.8 Å². The van der Waals surface area contributed by atoms with Crippen LogP contribution in [-0.4, -0.2) is 253 Å². The molecule has 5 N–H and O–H groups in total. The van der Waals surface area contributed by atoms with Crippen molar-refractivity contribution >= 4 is 41.1 Å². The Hall–Kier alpha value is -4.75. The molecule has 2 amide bonds. The molecule has 2 saturated carbocycles. The van der Waals surface area contributed by atoms with Gasteiger partial charge in [-0.3, -0.25) is 24.0 Å². The number of Topliss-reactive ketones (excluding diaryl/α,β-unsaturated/α-hetero) is 3. The molecule has 26 nitrogen and oxygen atoms in total. The van der Waals surface area contributed by atoms with E-state index in [9.17, 15) is 59.1 Å². The summed E-state index contributed by atoms with van der Waals surface area (Å²) in [4.78, 5) is 102. The molecule has 0 unspecified atom stereocenters. The molecule has 5 saturated heterocycles. The van der Waals surface area contributed by atoms with Crippen molar-refractivity contribution in [3.05, 3.63) is 46.6 Å². The van der Waals surface area contributed by atoms with Gasteiger partial charge in [-0.25, -0.2) is 9.59 Å². The zero-order valence-electron chi connectivity index (χ0n) is 72.8. The van der Waals surface area contributed by atoms with Gasteiger partial charge in [0.05, 0.1) is 67.1 Å². The molecule has 2 aliphatic carbocycles. The summed E-state index contributed by atoms with van der Waals surface area (Å²) >= 11 is 0. The van der Waals surface area contributed by atoms with Crippen LogP contribution in [0.25, 0.3) is 0 Å². The summed E-state index contributed by atoms with van der Waals surface area (Å²) in [5, 5.41) is 56.7. The van der Waals surface area contributed by atoms with Crippen LogP contribution in [0.1, 0.15) is 238 Å². The molecule has 0 aromatic heterocycles. The first-order chi connectivity index (χ1) is 54.3. The third-order valence-corrected chi connectivity index (χ3v) is 26.8. The highest BCUT2D eigenvalue weighted by atomic mass is 16.7. The molecular formula is C89H144N2O24. The second kappa shape index (κ2) is 42.7. The average Bonchev–Trinajstić information content (AvgIpc) is 0.873. The summed E-state index contributed by atoms with van der Waals surface area (Å²) in [6, 6.07) is -2.18. The third kappa shape index (κ3) is 23.5. The molecule has 6 bridgehead atoms. The summed E-state index contributed by atoms with van der Waals surface area (Å²) in [7, 11) is 9.39. The molecule has 0 radical (unpaired) electrons. The maximum absolute atomic E-state index is 14.6. The highest BCUT2D eigenvalue weighted by Crippen LogP contribution is 2.45. The van der Waals surface area contributed by atoms with Gasteiger partial charge in [-0.2, -0.15) is 0 Å². The van der Waals surface area contributed by atoms with Crippen LogP contribution in [0.3, 0.4) is 0 Å².